The lowest BCUT2D eigenvalue weighted by Gasteiger charge is -2.38. The van der Waals surface area contributed by atoms with Crippen molar-refractivity contribution in [3.8, 4) is 0 Å². The molecule has 1 amide bonds. The minimum Gasteiger partial charge on any atom is -0.335 e. The number of hydrogen-bond acceptors (Lipinski definition) is 4. The molecule has 1 atom stereocenters. The van der Waals surface area contributed by atoms with E-state index in [1.807, 2.05) is 17.2 Å². The van der Waals surface area contributed by atoms with Crippen molar-refractivity contribution in [2.24, 2.45) is 0 Å². The fourth-order valence-corrected chi connectivity index (χ4v) is 3.74. The molecule has 4 nitrogen and oxygen atoms in total. The number of piperazine rings is 1. The van der Waals surface area contributed by atoms with E-state index in [0.29, 0.717) is 10.4 Å². The van der Waals surface area contributed by atoms with Crippen LogP contribution in [0, 0.1) is 0 Å². The molecule has 0 spiro atoms. The maximum atomic E-state index is 12.4. The summed E-state index contributed by atoms with van der Waals surface area (Å²) in [6.07, 6.45) is 3.70. The Morgan fingerprint density at radius 2 is 2.05 bits per heavy atom. The van der Waals surface area contributed by atoms with Crippen LogP contribution in [0.5, 0.6) is 0 Å². The zero-order chi connectivity index (χ0) is 15.5. The van der Waals surface area contributed by atoms with E-state index in [0.717, 1.165) is 31.1 Å². The minimum absolute atomic E-state index is 0.0885. The third-order valence-corrected chi connectivity index (χ3v) is 5.32. The molecule has 2 aromatic rings. The van der Waals surface area contributed by atoms with Gasteiger partial charge in [-0.15, -0.1) is 11.3 Å². The van der Waals surface area contributed by atoms with E-state index in [2.05, 4.69) is 22.9 Å². The summed E-state index contributed by atoms with van der Waals surface area (Å²) < 4.78 is 0.659. The summed E-state index contributed by atoms with van der Waals surface area (Å²) in [6.45, 7) is 5.44. The Morgan fingerprint density at radius 3 is 2.64 bits per heavy atom. The second-order valence-corrected chi connectivity index (χ2v) is 7.11. The molecule has 116 valence electrons. The summed E-state index contributed by atoms with van der Waals surface area (Å²) in [5, 5.41) is 0. The van der Waals surface area contributed by atoms with E-state index in [1.165, 1.54) is 16.9 Å². The quantitative estimate of drug-likeness (QED) is 0.863. The first-order valence-electron chi connectivity index (χ1n) is 7.34. The number of pyridine rings is 1. The largest absolute Gasteiger partial charge is 0.335 e. The van der Waals surface area contributed by atoms with Crippen LogP contribution in [0.4, 0.5) is 0 Å². The number of rotatable bonds is 3. The third-order valence-electron chi connectivity index (χ3n) is 4.10. The molecule has 0 aliphatic carbocycles. The molecule has 0 aromatic carbocycles. The van der Waals surface area contributed by atoms with Gasteiger partial charge >= 0.3 is 0 Å². The van der Waals surface area contributed by atoms with E-state index in [9.17, 15) is 4.79 Å². The van der Waals surface area contributed by atoms with Gasteiger partial charge in [-0.25, -0.2) is 0 Å². The van der Waals surface area contributed by atoms with Gasteiger partial charge in [-0.2, -0.15) is 0 Å². The molecule has 6 heteroatoms. The Balaban J connectivity index is 1.59. The van der Waals surface area contributed by atoms with Crippen LogP contribution >= 0.6 is 22.9 Å². The van der Waals surface area contributed by atoms with Crippen LogP contribution in [0.3, 0.4) is 0 Å². The maximum Gasteiger partial charge on any atom is 0.264 e. The van der Waals surface area contributed by atoms with Gasteiger partial charge in [0.25, 0.3) is 5.91 Å². The summed E-state index contributed by atoms with van der Waals surface area (Å²) >= 11 is 7.26. The summed E-state index contributed by atoms with van der Waals surface area (Å²) in [4.78, 5) is 21.6. The van der Waals surface area contributed by atoms with Crippen LogP contribution in [0.1, 0.15) is 28.2 Å². The fraction of sp³-hybridized carbons (Fsp3) is 0.375. The van der Waals surface area contributed by atoms with Crippen LogP contribution in [-0.2, 0) is 0 Å². The first kappa shape index (κ1) is 15.5. The van der Waals surface area contributed by atoms with Crippen LogP contribution in [0.2, 0.25) is 4.34 Å². The molecule has 0 saturated carbocycles. The van der Waals surface area contributed by atoms with Gasteiger partial charge in [0.05, 0.1) is 9.21 Å². The topological polar surface area (TPSA) is 36.4 Å². The number of carbonyl (C=O) groups excluding carboxylic acids is 1. The zero-order valence-corrected chi connectivity index (χ0v) is 14.0. The van der Waals surface area contributed by atoms with Gasteiger partial charge in [0.1, 0.15) is 0 Å². The van der Waals surface area contributed by atoms with E-state index in [1.54, 1.807) is 18.3 Å². The highest BCUT2D eigenvalue weighted by molar-refractivity contribution is 7.17. The Hall–Kier alpha value is -1.43. The van der Waals surface area contributed by atoms with E-state index in [-0.39, 0.29) is 5.91 Å². The van der Waals surface area contributed by atoms with E-state index >= 15 is 0 Å². The van der Waals surface area contributed by atoms with Crippen molar-refractivity contribution in [3.05, 3.63) is 51.4 Å². The molecule has 3 heterocycles. The van der Waals surface area contributed by atoms with Crippen molar-refractivity contribution in [1.82, 2.24) is 14.8 Å². The van der Waals surface area contributed by atoms with Gasteiger partial charge in [0, 0.05) is 44.6 Å². The molecule has 1 saturated heterocycles. The van der Waals surface area contributed by atoms with Gasteiger partial charge in [-0.05, 0) is 30.7 Å². The molecule has 1 aliphatic heterocycles. The molecule has 3 rings (SSSR count). The highest BCUT2D eigenvalue weighted by Crippen LogP contribution is 2.25. The first-order chi connectivity index (χ1) is 10.6. The third kappa shape index (κ3) is 3.32. The van der Waals surface area contributed by atoms with Gasteiger partial charge in [-0.3, -0.25) is 14.7 Å². The first-order valence-corrected chi connectivity index (χ1v) is 8.53. The smallest absolute Gasteiger partial charge is 0.264 e. The summed E-state index contributed by atoms with van der Waals surface area (Å²) in [5.41, 5.74) is 1.22. The number of nitrogens with zero attached hydrogens (tertiary/aromatic N) is 3. The van der Waals surface area contributed by atoms with Crippen molar-refractivity contribution < 1.29 is 4.79 Å². The van der Waals surface area contributed by atoms with Crippen molar-refractivity contribution in [1.29, 1.82) is 0 Å². The highest BCUT2D eigenvalue weighted by atomic mass is 35.5. The molecule has 0 N–H and O–H groups in total. The number of amides is 1. The van der Waals surface area contributed by atoms with Crippen molar-refractivity contribution in [3.63, 3.8) is 0 Å². The maximum absolute atomic E-state index is 12.4. The van der Waals surface area contributed by atoms with Gasteiger partial charge in [0.15, 0.2) is 0 Å². The van der Waals surface area contributed by atoms with Crippen molar-refractivity contribution in [2.75, 3.05) is 26.2 Å². The predicted octanol–water partition coefficient (Wildman–Crippen LogP) is 3.32. The molecule has 0 unspecified atom stereocenters. The fourth-order valence-electron chi connectivity index (χ4n) is 2.73. The SMILES string of the molecule is C[C@@H](c1cccnc1)N1CCN(C(=O)c2ccc(Cl)s2)CC1. The molecule has 0 bridgehead atoms. The number of carbonyl (C=O) groups is 1. The van der Waals surface area contributed by atoms with Gasteiger partial charge in [0.2, 0.25) is 0 Å². The summed E-state index contributed by atoms with van der Waals surface area (Å²) in [6, 6.07) is 7.97. The van der Waals surface area contributed by atoms with Crippen LogP contribution in [0.25, 0.3) is 0 Å². The minimum atomic E-state index is 0.0885. The number of thiophene rings is 1. The Morgan fingerprint density at radius 1 is 1.27 bits per heavy atom. The molecule has 1 fully saturated rings. The lowest BCUT2D eigenvalue weighted by molar-refractivity contribution is 0.0586. The summed E-state index contributed by atoms with van der Waals surface area (Å²) in [7, 11) is 0. The Labute approximate surface area is 139 Å². The normalized spacial score (nSPS) is 17.5. The second-order valence-electron chi connectivity index (χ2n) is 5.39. The molecule has 22 heavy (non-hydrogen) atoms. The van der Waals surface area contributed by atoms with Gasteiger partial charge < -0.3 is 4.90 Å². The van der Waals surface area contributed by atoms with Crippen LogP contribution in [-0.4, -0.2) is 46.9 Å². The van der Waals surface area contributed by atoms with E-state index in [4.69, 9.17) is 11.6 Å². The Bertz CT molecular complexity index is 638. The van der Waals surface area contributed by atoms with Crippen molar-refractivity contribution >= 4 is 28.8 Å². The lowest BCUT2D eigenvalue weighted by Crippen LogP contribution is -2.49. The standard InChI is InChI=1S/C16H18ClN3OS/c1-12(13-3-2-6-18-11-13)19-7-9-20(10-8-19)16(21)14-4-5-15(17)22-14/h2-6,11-12H,7-10H2,1H3/t12-/m0/s1. The number of hydrogen-bond donors (Lipinski definition) is 0. The average molecular weight is 336 g/mol. The van der Waals surface area contributed by atoms with E-state index < -0.39 is 0 Å². The molecule has 2 aromatic heterocycles. The van der Waals surface area contributed by atoms with Crippen LogP contribution in [0.15, 0.2) is 36.7 Å². The zero-order valence-electron chi connectivity index (χ0n) is 12.4. The predicted molar refractivity (Wildman–Crippen MR) is 89.5 cm³/mol. The monoisotopic (exact) mass is 335 g/mol. The van der Waals surface area contributed by atoms with Gasteiger partial charge in [-0.1, -0.05) is 17.7 Å². The molecule has 0 radical (unpaired) electrons. The van der Waals surface area contributed by atoms with Crippen LogP contribution < -0.4 is 0 Å². The molecular formula is C16H18ClN3OS. The molecule has 1 aliphatic rings. The Kier molecular flexibility index (Phi) is 4.76. The summed E-state index contributed by atoms with van der Waals surface area (Å²) in [5.74, 6) is 0.0885. The average Bonchev–Trinajstić information content (AvgIpc) is 3.01. The number of aromatic nitrogens is 1. The highest BCUT2D eigenvalue weighted by Gasteiger charge is 2.26. The van der Waals surface area contributed by atoms with Crippen molar-refractivity contribution in [2.45, 2.75) is 13.0 Å². The lowest BCUT2D eigenvalue weighted by atomic mass is 10.1. The number of halogens is 1. The molecular weight excluding hydrogens is 318 g/mol. The second kappa shape index (κ2) is 6.77.